The molecule has 0 saturated heterocycles. The van der Waals surface area contributed by atoms with Gasteiger partial charge in [0.2, 0.25) is 0 Å². The Bertz CT molecular complexity index is 1660. The van der Waals surface area contributed by atoms with E-state index < -0.39 is 0 Å². The molecule has 0 unspecified atom stereocenters. The van der Waals surface area contributed by atoms with Gasteiger partial charge < -0.3 is 14.6 Å². The van der Waals surface area contributed by atoms with E-state index in [0.29, 0.717) is 10.5 Å². The molecule has 3 atom stereocenters. The minimum Gasteiger partial charge on any atom is -0.452 e. The van der Waals surface area contributed by atoms with Gasteiger partial charge in [0.15, 0.2) is 22.5 Å². The Kier molecular flexibility index (Phi) is 6.71. The van der Waals surface area contributed by atoms with Crippen LogP contribution in [0, 0.1) is 5.92 Å². The first-order valence-corrected chi connectivity index (χ1v) is 15.0. The summed E-state index contributed by atoms with van der Waals surface area (Å²) in [6, 6.07) is 30.9. The summed E-state index contributed by atoms with van der Waals surface area (Å²) in [5, 5.41) is 10.7. The summed E-state index contributed by atoms with van der Waals surface area (Å²) in [6.07, 6.45) is 3.20. The number of hydrogen-bond donors (Lipinski definition) is 1. The van der Waals surface area contributed by atoms with Crippen molar-refractivity contribution in [3.63, 3.8) is 0 Å². The summed E-state index contributed by atoms with van der Waals surface area (Å²) in [6.45, 7) is 4.32. The highest BCUT2D eigenvalue weighted by atomic mass is 79.9. The molecule has 3 aliphatic heterocycles. The zero-order valence-electron chi connectivity index (χ0n) is 23.0. The highest BCUT2D eigenvalue weighted by molar-refractivity contribution is 9.10. The Hall–Kier alpha value is -4.17. The van der Waals surface area contributed by atoms with Gasteiger partial charge in [-0.2, -0.15) is 5.10 Å². The summed E-state index contributed by atoms with van der Waals surface area (Å²) >= 11 is 3.54. The number of nitrogens with one attached hydrogen (secondary N) is 1. The molecule has 41 heavy (non-hydrogen) atoms. The Labute approximate surface area is 248 Å². The second-order valence-corrected chi connectivity index (χ2v) is 11.4. The highest BCUT2D eigenvalue weighted by Crippen LogP contribution is 2.49. The van der Waals surface area contributed by atoms with Gasteiger partial charge in [-0.15, -0.1) is 0 Å². The fourth-order valence-electron chi connectivity index (χ4n) is 5.98. The van der Waals surface area contributed by atoms with Gasteiger partial charge in [-0.25, -0.2) is 15.0 Å². The van der Waals surface area contributed by atoms with Crippen LogP contribution in [0.2, 0.25) is 0 Å². The molecular formula is C33H31BrN6O. The van der Waals surface area contributed by atoms with Gasteiger partial charge in [-0.1, -0.05) is 55.8 Å². The van der Waals surface area contributed by atoms with E-state index in [2.05, 4.69) is 88.5 Å². The van der Waals surface area contributed by atoms with Crippen LogP contribution in [0.5, 0.6) is 0 Å². The van der Waals surface area contributed by atoms with E-state index in [-0.39, 0.29) is 18.1 Å². The van der Waals surface area contributed by atoms with E-state index in [0.717, 1.165) is 46.5 Å². The molecule has 0 amide bonds. The minimum atomic E-state index is -0.258. The molecule has 206 valence electrons. The van der Waals surface area contributed by atoms with Crippen LogP contribution in [0.4, 0.5) is 22.7 Å². The van der Waals surface area contributed by atoms with Crippen LogP contribution in [0.1, 0.15) is 44.1 Å². The maximum absolute atomic E-state index is 6.27. The first-order chi connectivity index (χ1) is 20.1. The van der Waals surface area contributed by atoms with Gasteiger partial charge in [0.05, 0.1) is 23.0 Å². The monoisotopic (exact) mass is 606 g/mol. The largest absolute Gasteiger partial charge is 0.452 e. The van der Waals surface area contributed by atoms with Crippen molar-refractivity contribution >= 4 is 56.1 Å². The number of para-hydroxylation sites is 3. The fraction of sp³-hybridized carbons (Fsp3) is 0.242. The molecule has 0 radical (unpaired) electrons. The van der Waals surface area contributed by atoms with Crippen molar-refractivity contribution in [3.05, 3.63) is 107 Å². The predicted molar refractivity (Wildman–Crippen MR) is 171 cm³/mol. The average Bonchev–Trinajstić information content (AvgIpc) is 3.59. The van der Waals surface area contributed by atoms with Gasteiger partial charge in [0.25, 0.3) is 0 Å². The van der Waals surface area contributed by atoms with E-state index in [1.54, 1.807) is 0 Å². The molecular weight excluding hydrogens is 576 g/mol. The number of furan rings is 1. The Morgan fingerprint density at radius 2 is 1.71 bits per heavy atom. The van der Waals surface area contributed by atoms with Gasteiger partial charge in [-0.05, 0) is 89.8 Å². The topological polar surface area (TPSA) is 68.7 Å². The van der Waals surface area contributed by atoms with Crippen LogP contribution in [0.15, 0.2) is 115 Å². The minimum absolute atomic E-state index is 0.0396. The second kappa shape index (κ2) is 10.7. The van der Waals surface area contributed by atoms with Crippen LogP contribution in [-0.4, -0.2) is 23.5 Å². The number of anilines is 3. The second-order valence-electron chi connectivity index (χ2n) is 10.6. The van der Waals surface area contributed by atoms with Crippen molar-refractivity contribution in [1.82, 2.24) is 0 Å². The summed E-state index contributed by atoms with van der Waals surface area (Å²) in [5.74, 6) is 2.28. The first-order valence-electron chi connectivity index (χ1n) is 14.2. The number of hydrazone groups is 1. The smallest absolute Gasteiger partial charge is 0.174 e. The summed E-state index contributed by atoms with van der Waals surface area (Å²) in [7, 11) is 0. The van der Waals surface area contributed by atoms with Crippen molar-refractivity contribution in [2.45, 2.75) is 45.3 Å². The number of fused-ring (bicyclic) bond motifs is 4. The number of aliphatic imine (C=N–C) groups is 2. The van der Waals surface area contributed by atoms with Crippen molar-refractivity contribution in [3.8, 4) is 0 Å². The van der Waals surface area contributed by atoms with Crippen molar-refractivity contribution < 1.29 is 4.42 Å². The van der Waals surface area contributed by atoms with Crippen molar-refractivity contribution in [1.29, 1.82) is 0 Å². The zero-order valence-corrected chi connectivity index (χ0v) is 24.6. The molecule has 0 aliphatic carbocycles. The van der Waals surface area contributed by atoms with Gasteiger partial charge in [0, 0.05) is 11.4 Å². The molecule has 0 saturated carbocycles. The van der Waals surface area contributed by atoms with Crippen LogP contribution in [0.3, 0.4) is 0 Å². The van der Waals surface area contributed by atoms with Crippen molar-refractivity contribution in [2.24, 2.45) is 21.0 Å². The predicted octanol–water partition coefficient (Wildman–Crippen LogP) is 8.34. The summed E-state index contributed by atoms with van der Waals surface area (Å²) in [4.78, 5) is 12.8. The van der Waals surface area contributed by atoms with Crippen LogP contribution in [0.25, 0.3) is 0 Å². The number of nitrogens with zero attached hydrogens (tertiary/aromatic N) is 5. The normalized spacial score (nSPS) is 21.0. The third-order valence-corrected chi connectivity index (χ3v) is 8.37. The van der Waals surface area contributed by atoms with Crippen molar-refractivity contribution in [2.75, 3.05) is 15.2 Å². The number of unbranched alkanes of at least 4 members (excludes halogenated alkanes) is 1. The fourth-order valence-corrected chi connectivity index (χ4v) is 6.30. The van der Waals surface area contributed by atoms with Gasteiger partial charge >= 0.3 is 0 Å². The molecule has 4 heterocycles. The molecule has 8 heteroatoms. The third-order valence-electron chi connectivity index (χ3n) is 7.95. The summed E-state index contributed by atoms with van der Waals surface area (Å²) in [5.41, 5.74) is 6.21. The SMILES string of the molecule is CCCCc1ccc(NC2=Nc3ccccc3N3C2=N[C@@H]2[C@@H](C(C)=NN2c2ccccc2)[C@H]3c2ccc(Br)o2)cc1. The maximum atomic E-state index is 6.27. The molecule has 0 bridgehead atoms. The third kappa shape index (κ3) is 4.66. The van der Waals surface area contributed by atoms with Crippen LogP contribution < -0.4 is 15.2 Å². The lowest BCUT2D eigenvalue weighted by atomic mass is 9.86. The lowest BCUT2D eigenvalue weighted by Crippen LogP contribution is -2.54. The molecule has 1 aromatic heterocycles. The molecule has 7 nitrogen and oxygen atoms in total. The quantitative estimate of drug-likeness (QED) is 0.239. The van der Waals surface area contributed by atoms with Gasteiger partial charge in [0.1, 0.15) is 11.8 Å². The summed E-state index contributed by atoms with van der Waals surface area (Å²) < 4.78 is 6.97. The first kappa shape index (κ1) is 25.8. The Balaban J connectivity index is 1.36. The zero-order chi connectivity index (χ0) is 27.9. The maximum Gasteiger partial charge on any atom is 0.174 e. The number of rotatable bonds is 6. The van der Waals surface area contributed by atoms with E-state index in [1.807, 2.05) is 47.5 Å². The van der Waals surface area contributed by atoms with Crippen LogP contribution in [-0.2, 0) is 6.42 Å². The van der Waals surface area contributed by atoms with Gasteiger partial charge in [-0.3, -0.25) is 0 Å². The molecule has 7 rings (SSSR count). The highest BCUT2D eigenvalue weighted by Gasteiger charge is 2.51. The lowest BCUT2D eigenvalue weighted by Gasteiger charge is -2.45. The van der Waals surface area contributed by atoms with E-state index >= 15 is 0 Å². The number of hydrogen-bond acceptors (Lipinski definition) is 7. The molecule has 3 aliphatic rings. The number of aryl methyl sites for hydroxylation is 1. The Morgan fingerprint density at radius 1 is 0.927 bits per heavy atom. The Morgan fingerprint density at radius 3 is 2.46 bits per heavy atom. The number of benzene rings is 3. The molecule has 0 spiro atoms. The molecule has 3 aromatic carbocycles. The van der Waals surface area contributed by atoms with Crippen LogP contribution >= 0.6 is 15.9 Å². The number of amidine groups is 2. The lowest BCUT2D eigenvalue weighted by molar-refractivity contribution is 0.371. The van der Waals surface area contributed by atoms with E-state index in [1.165, 1.54) is 18.4 Å². The number of halogens is 1. The van der Waals surface area contributed by atoms with E-state index in [9.17, 15) is 0 Å². The average molecular weight is 608 g/mol. The van der Waals surface area contributed by atoms with E-state index in [4.69, 9.17) is 19.5 Å². The standard InChI is InChI=1S/C33H31BrN6O/c1-3-4-10-22-15-17-23(18-16-22)35-31-33-37-32-29(21(2)38-40(32)24-11-6-5-7-12-24)30(27-19-20-28(34)41-27)39(33)26-14-9-8-13-25(26)36-31/h5-9,11-20,29-30,32H,3-4,10H2,1-2H3,(H,35,36)/t29-,30+,32-/m0/s1. The molecule has 4 aromatic rings. The molecule has 0 fully saturated rings. The molecule has 1 N–H and O–H groups in total.